The molecule has 0 aliphatic rings. The van der Waals surface area contributed by atoms with E-state index >= 15 is 0 Å². The average Bonchev–Trinajstić information content (AvgIpc) is 2.98. The number of nitrogens with zero attached hydrogens (tertiary/aromatic N) is 2. The first kappa shape index (κ1) is 29.4. The Morgan fingerprint density at radius 2 is 1.25 bits per heavy atom. The van der Waals surface area contributed by atoms with Gasteiger partial charge >= 0.3 is 0 Å². The zero-order valence-corrected chi connectivity index (χ0v) is 24.2. The molecule has 0 saturated heterocycles. The minimum atomic E-state index is -3.59. The van der Waals surface area contributed by atoms with E-state index in [9.17, 15) is 8.42 Å². The lowest BCUT2D eigenvalue weighted by Crippen LogP contribution is -2.35. The standard InChI is InChI=1S/C34H39N3O2S/c1-36(2)24-25-37(40(38,39)26-22-30-11-7-4-8-12-30)28-32-15-19-34(20-16-32)33-17-13-31(14-18-33)27-35-23-21-29-9-5-3-6-10-29/h3-20,22,26,35H,21,23-25,27-28H2,1-2H3. The molecule has 5 nitrogen and oxygen atoms in total. The van der Waals surface area contributed by atoms with Gasteiger partial charge < -0.3 is 10.2 Å². The fourth-order valence-electron chi connectivity index (χ4n) is 4.35. The van der Waals surface area contributed by atoms with Crippen LogP contribution in [0.1, 0.15) is 22.3 Å². The van der Waals surface area contributed by atoms with Crippen molar-refractivity contribution in [2.45, 2.75) is 19.5 Å². The van der Waals surface area contributed by atoms with Gasteiger partial charge in [-0.1, -0.05) is 109 Å². The highest BCUT2D eigenvalue weighted by Gasteiger charge is 2.19. The molecule has 208 valence electrons. The minimum absolute atomic E-state index is 0.323. The Morgan fingerprint density at radius 3 is 1.85 bits per heavy atom. The van der Waals surface area contributed by atoms with Crippen molar-refractivity contribution in [3.8, 4) is 11.1 Å². The Balaban J connectivity index is 1.36. The number of nitrogens with one attached hydrogen (secondary N) is 1. The van der Waals surface area contributed by atoms with Gasteiger partial charge in [-0.3, -0.25) is 0 Å². The normalized spacial score (nSPS) is 12.0. The van der Waals surface area contributed by atoms with Gasteiger partial charge in [0, 0.05) is 31.6 Å². The molecular formula is C34H39N3O2S. The van der Waals surface area contributed by atoms with E-state index in [1.165, 1.54) is 16.5 Å². The van der Waals surface area contributed by atoms with Crippen molar-refractivity contribution in [2.24, 2.45) is 0 Å². The SMILES string of the molecule is CN(C)CCN(Cc1ccc(-c2ccc(CNCCc3ccccc3)cc2)cc1)S(=O)(=O)C=Cc1ccccc1. The molecule has 0 aromatic heterocycles. The molecule has 0 saturated carbocycles. The fourth-order valence-corrected chi connectivity index (χ4v) is 5.52. The Kier molecular flexibility index (Phi) is 10.8. The summed E-state index contributed by atoms with van der Waals surface area (Å²) in [5, 5.41) is 4.83. The van der Waals surface area contributed by atoms with Crippen molar-refractivity contribution in [1.29, 1.82) is 0 Å². The van der Waals surface area contributed by atoms with E-state index in [1.807, 2.05) is 67.5 Å². The van der Waals surface area contributed by atoms with E-state index in [1.54, 1.807) is 10.4 Å². The molecule has 6 heteroatoms. The molecule has 0 unspecified atom stereocenters. The highest BCUT2D eigenvalue weighted by Crippen LogP contribution is 2.22. The van der Waals surface area contributed by atoms with Crippen LogP contribution in [0.5, 0.6) is 0 Å². The fraction of sp³-hybridized carbons (Fsp3) is 0.235. The first-order valence-electron chi connectivity index (χ1n) is 13.7. The quantitative estimate of drug-likeness (QED) is 0.193. The third kappa shape index (κ3) is 9.28. The maximum atomic E-state index is 13.2. The van der Waals surface area contributed by atoms with Crippen molar-refractivity contribution < 1.29 is 8.42 Å². The van der Waals surface area contributed by atoms with Gasteiger partial charge in [0.25, 0.3) is 0 Å². The Morgan fingerprint density at radius 1 is 0.675 bits per heavy atom. The van der Waals surface area contributed by atoms with E-state index in [0.29, 0.717) is 19.6 Å². The summed E-state index contributed by atoms with van der Waals surface area (Å²) < 4.78 is 28.0. The van der Waals surface area contributed by atoms with Gasteiger partial charge in [0.2, 0.25) is 10.0 Å². The molecule has 0 aliphatic carbocycles. The van der Waals surface area contributed by atoms with Crippen LogP contribution in [0.15, 0.2) is 115 Å². The summed E-state index contributed by atoms with van der Waals surface area (Å²) in [4.78, 5) is 2.00. The smallest absolute Gasteiger partial charge is 0.236 e. The average molecular weight is 554 g/mol. The molecule has 1 N–H and O–H groups in total. The molecule has 0 fully saturated rings. The highest BCUT2D eigenvalue weighted by molar-refractivity contribution is 7.92. The molecule has 0 heterocycles. The summed E-state index contributed by atoms with van der Waals surface area (Å²) in [7, 11) is 0.313. The first-order chi connectivity index (χ1) is 19.4. The molecule has 0 bridgehead atoms. The van der Waals surface area contributed by atoms with E-state index in [4.69, 9.17) is 0 Å². The third-order valence-electron chi connectivity index (χ3n) is 6.75. The van der Waals surface area contributed by atoms with Crippen LogP contribution in [-0.2, 0) is 29.5 Å². The summed E-state index contributed by atoms with van der Waals surface area (Å²) in [6, 6.07) is 36.8. The van der Waals surface area contributed by atoms with Crippen molar-refractivity contribution in [3.63, 3.8) is 0 Å². The second-order valence-electron chi connectivity index (χ2n) is 10.2. The van der Waals surface area contributed by atoms with E-state index in [-0.39, 0.29) is 0 Å². The second-order valence-corrected chi connectivity index (χ2v) is 12.0. The molecule has 4 rings (SSSR count). The number of sulfonamides is 1. The molecule has 0 radical (unpaired) electrons. The van der Waals surface area contributed by atoms with Gasteiger partial charge in [-0.15, -0.1) is 0 Å². The van der Waals surface area contributed by atoms with E-state index < -0.39 is 10.0 Å². The van der Waals surface area contributed by atoms with E-state index in [0.717, 1.165) is 41.8 Å². The summed E-state index contributed by atoms with van der Waals surface area (Å²) in [5.41, 5.74) is 6.66. The molecule has 0 spiro atoms. The lowest BCUT2D eigenvalue weighted by Gasteiger charge is -2.22. The highest BCUT2D eigenvalue weighted by atomic mass is 32.2. The number of hydrogen-bond acceptors (Lipinski definition) is 4. The Bertz CT molecular complexity index is 1440. The molecule has 0 atom stereocenters. The number of likely N-dealkylation sites (N-methyl/N-ethyl adjacent to an activating group) is 1. The van der Waals surface area contributed by atoms with Crippen LogP contribution >= 0.6 is 0 Å². The van der Waals surface area contributed by atoms with Crippen molar-refractivity contribution in [2.75, 3.05) is 33.7 Å². The van der Waals surface area contributed by atoms with Crippen LogP contribution in [0.4, 0.5) is 0 Å². The number of rotatable bonds is 14. The topological polar surface area (TPSA) is 52.6 Å². The van der Waals surface area contributed by atoms with E-state index in [2.05, 4.69) is 66.0 Å². The predicted octanol–water partition coefficient (Wildman–Crippen LogP) is 6.05. The summed E-state index contributed by atoms with van der Waals surface area (Å²) in [6.45, 7) is 3.16. The van der Waals surface area contributed by atoms with Crippen molar-refractivity contribution >= 4 is 16.1 Å². The predicted molar refractivity (Wildman–Crippen MR) is 167 cm³/mol. The van der Waals surface area contributed by atoms with Crippen LogP contribution in [0.3, 0.4) is 0 Å². The van der Waals surface area contributed by atoms with Gasteiger partial charge in [0.15, 0.2) is 0 Å². The monoisotopic (exact) mass is 553 g/mol. The summed E-state index contributed by atoms with van der Waals surface area (Å²) in [6.07, 6.45) is 2.67. The largest absolute Gasteiger partial charge is 0.312 e. The number of benzene rings is 4. The maximum absolute atomic E-state index is 13.2. The Hall–Kier alpha value is -3.55. The Labute approximate surface area is 239 Å². The van der Waals surface area contributed by atoms with Gasteiger partial charge in [0.05, 0.1) is 0 Å². The van der Waals surface area contributed by atoms with Crippen LogP contribution in [0.2, 0.25) is 0 Å². The summed E-state index contributed by atoms with van der Waals surface area (Å²) in [5.74, 6) is 0. The van der Waals surface area contributed by atoms with Gasteiger partial charge in [-0.25, -0.2) is 8.42 Å². The second kappa shape index (κ2) is 14.7. The minimum Gasteiger partial charge on any atom is -0.312 e. The summed E-state index contributed by atoms with van der Waals surface area (Å²) >= 11 is 0. The zero-order chi connectivity index (χ0) is 28.2. The number of hydrogen-bond donors (Lipinski definition) is 1. The third-order valence-corrected chi connectivity index (χ3v) is 8.26. The van der Waals surface area contributed by atoms with Crippen LogP contribution in [0.25, 0.3) is 17.2 Å². The molecule has 4 aromatic carbocycles. The molecule has 0 aliphatic heterocycles. The first-order valence-corrected chi connectivity index (χ1v) is 15.2. The van der Waals surface area contributed by atoms with Crippen molar-refractivity contribution in [1.82, 2.24) is 14.5 Å². The zero-order valence-electron chi connectivity index (χ0n) is 23.4. The lowest BCUT2D eigenvalue weighted by molar-refractivity contribution is 0.332. The van der Waals surface area contributed by atoms with Crippen molar-refractivity contribution in [3.05, 3.63) is 137 Å². The maximum Gasteiger partial charge on any atom is 0.236 e. The molecule has 4 aromatic rings. The van der Waals surface area contributed by atoms with Crippen LogP contribution in [-0.4, -0.2) is 51.4 Å². The van der Waals surface area contributed by atoms with Crippen LogP contribution in [0, 0.1) is 0 Å². The lowest BCUT2D eigenvalue weighted by atomic mass is 10.0. The molecule has 40 heavy (non-hydrogen) atoms. The van der Waals surface area contributed by atoms with Gasteiger partial charge in [-0.2, -0.15) is 4.31 Å². The van der Waals surface area contributed by atoms with Gasteiger partial charge in [0.1, 0.15) is 0 Å². The molecular weight excluding hydrogens is 514 g/mol. The van der Waals surface area contributed by atoms with Crippen LogP contribution < -0.4 is 5.32 Å². The van der Waals surface area contributed by atoms with Gasteiger partial charge in [-0.05, 0) is 66.5 Å². The molecule has 0 amide bonds.